The lowest BCUT2D eigenvalue weighted by Gasteiger charge is -2.15. The lowest BCUT2D eigenvalue weighted by atomic mass is 10.1. The molecule has 5 nitrogen and oxygen atoms in total. The van der Waals surface area contributed by atoms with Gasteiger partial charge in [-0.2, -0.15) is 5.10 Å². The van der Waals surface area contributed by atoms with Gasteiger partial charge in [-0.1, -0.05) is 11.6 Å². The van der Waals surface area contributed by atoms with Crippen LogP contribution in [0.3, 0.4) is 0 Å². The number of hydrazine groups is 1. The van der Waals surface area contributed by atoms with E-state index in [1.807, 2.05) is 18.5 Å². The van der Waals surface area contributed by atoms with Gasteiger partial charge in [0.2, 0.25) is 0 Å². The Kier molecular flexibility index (Phi) is 4.52. The van der Waals surface area contributed by atoms with Crippen molar-refractivity contribution in [2.45, 2.75) is 32.9 Å². The second-order valence-corrected chi connectivity index (χ2v) is 4.96. The lowest BCUT2D eigenvalue weighted by Crippen LogP contribution is -2.30. The Labute approximate surface area is 121 Å². The van der Waals surface area contributed by atoms with Crippen molar-refractivity contribution in [2.24, 2.45) is 5.84 Å². The molecule has 0 saturated carbocycles. The Morgan fingerprint density at radius 2 is 2.26 bits per heavy atom. The van der Waals surface area contributed by atoms with Gasteiger partial charge in [0.1, 0.15) is 0 Å². The number of nitrogens with zero attached hydrogens (tertiary/aromatic N) is 2. The number of rotatable bonds is 5. The van der Waals surface area contributed by atoms with Crippen molar-refractivity contribution in [3.8, 4) is 0 Å². The second-order valence-electron chi connectivity index (χ2n) is 4.23. The highest BCUT2D eigenvalue weighted by atomic mass is 35.5. The highest BCUT2D eigenvalue weighted by molar-refractivity contribution is 6.32. The first-order chi connectivity index (χ1) is 9.08. The SMILES string of the molecule is CCn1nc(C)c(Cl)c1CC(NN)c1ccoc1Cl. The van der Waals surface area contributed by atoms with Crippen LogP contribution in [-0.2, 0) is 13.0 Å². The molecule has 2 rings (SSSR count). The second kappa shape index (κ2) is 5.96. The summed E-state index contributed by atoms with van der Waals surface area (Å²) < 4.78 is 6.96. The molecule has 0 fully saturated rings. The molecule has 0 radical (unpaired) electrons. The third-order valence-corrected chi connectivity index (χ3v) is 3.87. The summed E-state index contributed by atoms with van der Waals surface area (Å²) in [4.78, 5) is 0. The van der Waals surface area contributed by atoms with Crippen LogP contribution in [0.1, 0.15) is 29.9 Å². The summed E-state index contributed by atoms with van der Waals surface area (Å²) in [5.74, 6) is 5.61. The quantitative estimate of drug-likeness (QED) is 0.658. The predicted molar refractivity (Wildman–Crippen MR) is 75.1 cm³/mol. The minimum atomic E-state index is -0.176. The molecule has 19 heavy (non-hydrogen) atoms. The highest BCUT2D eigenvalue weighted by Gasteiger charge is 2.21. The van der Waals surface area contributed by atoms with Gasteiger partial charge in [0.25, 0.3) is 0 Å². The van der Waals surface area contributed by atoms with Gasteiger partial charge >= 0.3 is 0 Å². The van der Waals surface area contributed by atoms with Gasteiger partial charge in [-0.05, 0) is 31.5 Å². The molecule has 0 amide bonds. The molecular weight excluding hydrogens is 287 g/mol. The van der Waals surface area contributed by atoms with E-state index in [0.717, 1.165) is 23.5 Å². The van der Waals surface area contributed by atoms with Crippen LogP contribution in [0.4, 0.5) is 0 Å². The summed E-state index contributed by atoms with van der Waals surface area (Å²) >= 11 is 12.3. The first-order valence-electron chi connectivity index (χ1n) is 5.99. The van der Waals surface area contributed by atoms with Gasteiger partial charge < -0.3 is 4.42 Å². The number of hydrogen-bond donors (Lipinski definition) is 2. The van der Waals surface area contributed by atoms with Crippen LogP contribution in [0.15, 0.2) is 16.7 Å². The highest BCUT2D eigenvalue weighted by Crippen LogP contribution is 2.29. The maximum atomic E-state index is 6.29. The molecule has 0 aliphatic rings. The molecular formula is C12H16Cl2N4O. The Hall–Kier alpha value is -1.01. The van der Waals surface area contributed by atoms with Crippen molar-refractivity contribution in [3.63, 3.8) is 0 Å². The van der Waals surface area contributed by atoms with Crippen LogP contribution in [0, 0.1) is 6.92 Å². The largest absolute Gasteiger partial charge is 0.453 e. The molecule has 2 aromatic rings. The molecule has 104 valence electrons. The molecule has 2 aromatic heterocycles. The molecule has 0 spiro atoms. The van der Waals surface area contributed by atoms with Crippen molar-refractivity contribution in [3.05, 3.63) is 39.5 Å². The van der Waals surface area contributed by atoms with Crippen LogP contribution in [0.5, 0.6) is 0 Å². The Balaban J connectivity index is 2.31. The van der Waals surface area contributed by atoms with E-state index in [4.69, 9.17) is 33.5 Å². The summed E-state index contributed by atoms with van der Waals surface area (Å²) in [5, 5.41) is 5.38. The summed E-state index contributed by atoms with van der Waals surface area (Å²) in [5.41, 5.74) is 5.29. The number of aryl methyl sites for hydroxylation is 2. The van der Waals surface area contributed by atoms with Crippen molar-refractivity contribution < 1.29 is 4.42 Å². The predicted octanol–water partition coefficient (Wildman–Crippen LogP) is 2.86. The summed E-state index contributed by atoms with van der Waals surface area (Å²) in [7, 11) is 0. The van der Waals surface area contributed by atoms with Crippen molar-refractivity contribution in [2.75, 3.05) is 0 Å². The summed E-state index contributed by atoms with van der Waals surface area (Å²) in [6, 6.07) is 1.62. The van der Waals surface area contributed by atoms with Gasteiger partial charge in [-0.25, -0.2) is 0 Å². The number of halogens is 2. The molecule has 0 bridgehead atoms. The van der Waals surface area contributed by atoms with E-state index in [-0.39, 0.29) is 6.04 Å². The van der Waals surface area contributed by atoms with E-state index < -0.39 is 0 Å². The van der Waals surface area contributed by atoms with Gasteiger partial charge in [0.15, 0.2) is 5.22 Å². The maximum Gasteiger partial charge on any atom is 0.197 e. The Morgan fingerprint density at radius 1 is 1.53 bits per heavy atom. The molecule has 2 heterocycles. The van der Waals surface area contributed by atoms with Crippen molar-refractivity contribution in [1.82, 2.24) is 15.2 Å². The number of nitrogens with one attached hydrogen (secondary N) is 1. The van der Waals surface area contributed by atoms with Crippen molar-refractivity contribution >= 4 is 23.2 Å². The summed E-state index contributed by atoms with van der Waals surface area (Å²) in [6.07, 6.45) is 2.12. The van der Waals surface area contributed by atoms with Gasteiger partial charge in [0, 0.05) is 18.5 Å². The van der Waals surface area contributed by atoms with Crippen LogP contribution < -0.4 is 11.3 Å². The van der Waals surface area contributed by atoms with Crippen LogP contribution in [0.2, 0.25) is 10.2 Å². The average molecular weight is 303 g/mol. The third-order valence-electron chi connectivity index (χ3n) is 3.07. The number of hydrogen-bond acceptors (Lipinski definition) is 4. The zero-order chi connectivity index (χ0) is 14.0. The average Bonchev–Trinajstić information content (AvgIpc) is 2.93. The van der Waals surface area contributed by atoms with Crippen LogP contribution >= 0.6 is 23.2 Å². The number of nitrogens with two attached hydrogens (primary N) is 1. The van der Waals surface area contributed by atoms with Crippen LogP contribution in [-0.4, -0.2) is 9.78 Å². The molecule has 0 aliphatic carbocycles. The van der Waals surface area contributed by atoms with E-state index in [0.29, 0.717) is 16.7 Å². The Bertz CT molecular complexity index is 564. The molecule has 1 atom stereocenters. The van der Waals surface area contributed by atoms with Crippen molar-refractivity contribution in [1.29, 1.82) is 0 Å². The fraction of sp³-hybridized carbons (Fsp3) is 0.417. The van der Waals surface area contributed by atoms with Crippen LogP contribution in [0.25, 0.3) is 0 Å². The zero-order valence-corrected chi connectivity index (χ0v) is 12.3. The minimum Gasteiger partial charge on any atom is -0.453 e. The maximum absolute atomic E-state index is 6.29. The number of furan rings is 1. The molecule has 0 aromatic carbocycles. The standard InChI is InChI=1S/C12H16Cl2N4O/c1-3-18-10(11(13)7(2)17-18)6-9(16-15)8-4-5-19-12(8)14/h4-5,9,16H,3,6,15H2,1-2H3. The monoisotopic (exact) mass is 302 g/mol. The van der Waals surface area contributed by atoms with Gasteiger partial charge in [-0.15, -0.1) is 0 Å². The molecule has 7 heteroatoms. The van der Waals surface area contributed by atoms with Gasteiger partial charge in [0.05, 0.1) is 28.7 Å². The van der Waals surface area contributed by atoms with E-state index in [9.17, 15) is 0 Å². The van der Waals surface area contributed by atoms with E-state index in [2.05, 4.69) is 10.5 Å². The summed E-state index contributed by atoms with van der Waals surface area (Å²) in [6.45, 7) is 4.65. The number of aromatic nitrogens is 2. The molecule has 1 unspecified atom stereocenters. The molecule has 3 N–H and O–H groups in total. The van der Waals surface area contributed by atoms with E-state index in [1.165, 1.54) is 6.26 Å². The third kappa shape index (κ3) is 2.79. The lowest BCUT2D eigenvalue weighted by molar-refractivity contribution is 0.505. The first kappa shape index (κ1) is 14.4. The fourth-order valence-electron chi connectivity index (χ4n) is 2.07. The molecule has 0 aliphatic heterocycles. The van der Waals surface area contributed by atoms with E-state index in [1.54, 1.807) is 6.07 Å². The normalized spacial score (nSPS) is 12.9. The first-order valence-corrected chi connectivity index (χ1v) is 6.74. The smallest absolute Gasteiger partial charge is 0.197 e. The zero-order valence-electron chi connectivity index (χ0n) is 10.8. The minimum absolute atomic E-state index is 0.176. The fourth-order valence-corrected chi connectivity index (χ4v) is 2.53. The topological polar surface area (TPSA) is 69.0 Å². The molecule has 0 saturated heterocycles. The van der Waals surface area contributed by atoms with Gasteiger partial charge in [-0.3, -0.25) is 16.0 Å². The van der Waals surface area contributed by atoms with E-state index >= 15 is 0 Å². The Morgan fingerprint density at radius 3 is 2.79 bits per heavy atom.